The molecule has 160 valence electrons. The molecule has 6 heteroatoms. The van der Waals surface area contributed by atoms with Gasteiger partial charge in [-0.15, -0.1) is 0 Å². The maximum absolute atomic E-state index is 13.2. The fourth-order valence-corrected chi connectivity index (χ4v) is 4.09. The zero-order chi connectivity index (χ0) is 21.8. The fourth-order valence-electron chi connectivity index (χ4n) is 4.09. The highest BCUT2D eigenvalue weighted by molar-refractivity contribution is 5.98. The second kappa shape index (κ2) is 9.30. The molecule has 2 N–H and O–H groups in total. The Labute approximate surface area is 178 Å². The second-order valence-corrected chi connectivity index (χ2v) is 8.02. The third kappa shape index (κ3) is 4.82. The second-order valence-electron chi connectivity index (χ2n) is 8.02. The summed E-state index contributed by atoms with van der Waals surface area (Å²) in [5.41, 5.74) is 11.4. The predicted molar refractivity (Wildman–Crippen MR) is 117 cm³/mol. The number of carbonyl (C=O) groups excluding carboxylic acids is 2. The molecule has 1 amide bonds. The molecule has 1 aliphatic heterocycles. The lowest BCUT2D eigenvalue weighted by Gasteiger charge is -2.34. The van der Waals surface area contributed by atoms with Crippen LogP contribution in [0.5, 0.6) is 5.75 Å². The number of anilines is 1. The Morgan fingerprint density at radius 3 is 2.53 bits per heavy atom. The minimum absolute atomic E-state index is 0.0698. The maximum atomic E-state index is 13.2. The van der Waals surface area contributed by atoms with Crippen LogP contribution in [0.3, 0.4) is 0 Å². The number of fused-ring (bicyclic) bond motifs is 1. The number of nitrogens with zero attached hydrogens (tertiary/aromatic N) is 1. The molecular formula is C24H30N2O4. The Hall–Kier alpha value is -2.86. The van der Waals surface area contributed by atoms with E-state index in [4.69, 9.17) is 15.2 Å². The van der Waals surface area contributed by atoms with Crippen LogP contribution in [0.2, 0.25) is 0 Å². The van der Waals surface area contributed by atoms with E-state index in [0.717, 1.165) is 28.8 Å². The van der Waals surface area contributed by atoms with Crippen LogP contribution in [0.4, 0.5) is 10.5 Å². The van der Waals surface area contributed by atoms with Gasteiger partial charge in [-0.1, -0.05) is 25.1 Å². The maximum Gasteiger partial charge on any atom is 0.513 e. The first-order valence-electron chi connectivity index (χ1n) is 10.4. The lowest BCUT2D eigenvalue weighted by Crippen LogP contribution is -2.48. The van der Waals surface area contributed by atoms with Crippen LogP contribution in [0.15, 0.2) is 36.4 Å². The van der Waals surface area contributed by atoms with Crippen molar-refractivity contribution < 1.29 is 19.1 Å². The number of carbonyl (C=O) groups is 2. The van der Waals surface area contributed by atoms with Gasteiger partial charge in [-0.25, -0.2) is 4.79 Å². The van der Waals surface area contributed by atoms with Gasteiger partial charge in [0.2, 0.25) is 5.91 Å². The predicted octanol–water partition coefficient (Wildman–Crippen LogP) is 3.93. The number of aryl methyl sites for hydroxylation is 2. The first-order valence-corrected chi connectivity index (χ1v) is 10.4. The van der Waals surface area contributed by atoms with Crippen molar-refractivity contribution in [2.24, 2.45) is 11.7 Å². The van der Waals surface area contributed by atoms with Crippen LogP contribution in [-0.2, 0) is 22.4 Å². The summed E-state index contributed by atoms with van der Waals surface area (Å²) in [5, 5.41) is 0. The third-order valence-electron chi connectivity index (χ3n) is 5.49. The molecule has 0 saturated carbocycles. The minimum Gasteiger partial charge on any atom is -0.434 e. The van der Waals surface area contributed by atoms with Crippen molar-refractivity contribution in [3.8, 4) is 5.75 Å². The van der Waals surface area contributed by atoms with Gasteiger partial charge < -0.3 is 20.1 Å². The molecule has 2 aromatic carbocycles. The van der Waals surface area contributed by atoms with E-state index in [9.17, 15) is 9.59 Å². The van der Waals surface area contributed by atoms with Crippen molar-refractivity contribution in [2.75, 3.05) is 18.1 Å². The van der Waals surface area contributed by atoms with Gasteiger partial charge >= 0.3 is 6.16 Å². The molecule has 6 nitrogen and oxygen atoms in total. The summed E-state index contributed by atoms with van der Waals surface area (Å²) < 4.78 is 10.0. The first kappa shape index (κ1) is 21.8. The van der Waals surface area contributed by atoms with Crippen molar-refractivity contribution >= 4 is 17.7 Å². The van der Waals surface area contributed by atoms with Crippen molar-refractivity contribution in [2.45, 2.75) is 46.6 Å². The van der Waals surface area contributed by atoms with Crippen LogP contribution in [0, 0.1) is 19.8 Å². The highest BCUT2D eigenvalue weighted by Gasteiger charge is 2.30. The summed E-state index contributed by atoms with van der Waals surface area (Å²) in [6, 6.07) is 10.9. The molecule has 30 heavy (non-hydrogen) atoms. The van der Waals surface area contributed by atoms with E-state index in [1.807, 2.05) is 36.9 Å². The van der Waals surface area contributed by atoms with Crippen LogP contribution < -0.4 is 15.4 Å². The number of rotatable bonds is 5. The fraction of sp³-hybridized carbons (Fsp3) is 0.417. The van der Waals surface area contributed by atoms with E-state index in [-0.39, 0.29) is 12.5 Å². The standard InChI is InChI=1S/C24H30N2O4/c1-5-29-24(28)30-19-11-16(3)20(17(4)12-19)13-21(25)23(27)26-14-15(2)10-18-8-6-7-9-22(18)26/h6-9,11-12,15,21H,5,10,13-14,25H2,1-4H3/t15?,21-/m0/s1. The molecule has 3 rings (SSSR count). The summed E-state index contributed by atoms with van der Waals surface area (Å²) in [6.45, 7) is 8.66. The molecule has 0 aliphatic carbocycles. The quantitative estimate of drug-likeness (QED) is 0.596. The monoisotopic (exact) mass is 410 g/mol. The highest BCUT2D eigenvalue weighted by atomic mass is 16.7. The Morgan fingerprint density at radius 1 is 1.20 bits per heavy atom. The van der Waals surface area contributed by atoms with Gasteiger partial charge in [0.25, 0.3) is 0 Å². The lowest BCUT2D eigenvalue weighted by atomic mass is 9.92. The van der Waals surface area contributed by atoms with E-state index < -0.39 is 12.2 Å². The molecule has 1 aliphatic rings. The number of ether oxygens (including phenoxy) is 2. The molecule has 0 saturated heterocycles. The third-order valence-corrected chi connectivity index (χ3v) is 5.49. The van der Waals surface area contributed by atoms with Crippen molar-refractivity contribution in [1.29, 1.82) is 0 Å². The van der Waals surface area contributed by atoms with Crippen LogP contribution in [0.1, 0.15) is 36.1 Å². The summed E-state index contributed by atoms with van der Waals surface area (Å²) >= 11 is 0. The van der Waals surface area contributed by atoms with Crippen LogP contribution in [0.25, 0.3) is 0 Å². The minimum atomic E-state index is -0.728. The number of hydrogen-bond donors (Lipinski definition) is 1. The molecule has 2 aromatic rings. The first-order chi connectivity index (χ1) is 14.3. The molecule has 2 atom stereocenters. The van der Waals surface area contributed by atoms with E-state index in [1.54, 1.807) is 19.1 Å². The van der Waals surface area contributed by atoms with E-state index in [2.05, 4.69) is 13.0 Å². The van der Waals surface area contributed by atoms with Crippen molar-refractivity contribution in [3.63, 3.8) is 0 Å². The topological polar surface area (TPSA) is 81.9 Å². The Balaban J connectivity index is 1.77. The molecule has 0 radical (unpaired) electrons. The van der Waals surface area contributed by atoms with Gasteiger partial charge in [0, 0.05) is 12.2 Å². The van der Waals surface area contributed by atoms with Gasteiger partial charge in [0.1, 0.15) is 5.75 Å². The summed E-state index contributed by atoms with van der Waals surface area (Å²) in [6.07, 6.45) is 0.660. The zero-order valence-corrected chi connectivity index (χ0v) is 18.1. The number of amides is 1. The van der Waals surface area contributed by atoms with E-state index in [1.165, 1.54) is 5.56 Å². The number of nitrogens with two attached hydrogens (primary N) is 1. The smallest absolute Gasteiger partial charge is 0.434 e. The largest absolute Gasteiger partial charge is 0.513 e. The van der Waals surface area contributed by atoms with Crippen molar-refractivity contribution in [3.05, 3.63) is 58.7 Å². The zero-order valence-electron chi connectivity index (χ0n) is 18.1. The van der Waals surface area contributed by atoms with Gasteiger partial charge in [-0.2, -0.15) is 0 Å². The molecule has 0 aromatic heterocycles. The molecular weight excluding hydrogens is 380 g/mol. The Bertz CT molecular complexity index is 918. The number of para-hydroxylation sites is 1. The molecule has 0 fully saturated rings. The summed E-state index contributed by atoms with van der Waals surface area (Å²) in [4.78, 5) is 26.6. The summed E-state index contributed by atoms with van der Waals surface area (Å²) in [5.74, 6) is 0.740. The van der Waals surface area contributed by atoms with Gasteiger partial charge in [-0.05, 0) is 80.0 Å². The van der Waals surface area contributed by atoms with E-state index >= 15 is 0 Å². The van der Waals surface area contributed by atoms with Gasteiger partial charge in [-0.3, -0.25) is 4.79 Å². The summed E-state index contributed by atoms with van der Waals surface area (Å²) in [7, 11) is 0. The van der Waals surface area contributed by atoms with Gasteiger partial charge in [0.05, 0.1) is 12.6 Å². The Kier molecular flexibility index (Phi) is 6.77. The Morgan fingerprint density at radius 2 is 1.87 bits per heavy atom. The molecule has 0 bridgehead atoms. The van der Waals surface area contributed by atoms with Crippen molar-refractivity contribution in [1.82, 2.24) is 0 Å². The highest BCUT2D eigenvalue weighted by Crippen LogP contribution is 2.30. The van der Waals surface area contributed by atoms with E-state index in [0.29, 0.717) is 24.6 Å². The SMILES string of the molecule is CCOC(=O)Oc1cc(C)c(C[C@H](N)C(=O)N2CC(C)Cc3ccccc32)c(C)c1. The van der Waals surface area contributed by atoms with Crippen LogP contribution >= 0.6 is 0 Å². The normalized spacial score (nSPS) is 16.6. The molecule has 1 unspecified atom stereocenters. The number of benzene rings is 2. The average Bonchev–Trinajstić information content (AvgIpc) is 2.69. The lowest BCUT2D eigenvalue weighted by molar-refractivity contribution is -0.120. The number of hydrogen-bond acceptors (Lipinski definition) is 5. The average molecular weight is 411 g/mol. The van der Waals surface area contributed by atoms with Crippen LogP contribution in [-0.4, -0.2) is 31.3 Å². The molecule has 1 heterocycles. The molecule has 0 spiro atoms. The van der Waals surface area contributed by atoms with Gasteiger partial charge in [0.15, 0.2) is 0 Å².